The van der Waals surface area contributed by atoms with E-state index in [1.54, 1.807) is 30.3 Å². The first-order valence-corrected chi connectivity index (χ1v) is 10.8. The Morgan fingerprint density at radius 1 is 1.10 bits per heavy atom. The third kappa shape index (κ3) is 6.20. The van der Waals surface area contributed by atoms with E-state index < -0.39 is 5.91 Å². The van der Waals surface area contributed by atoms with E-state index in [1.807, 2.05) is 42.5 Å². The van der Waals surface area contributed by atoms with Gasteiger partial charge in [-0.15, -0.1) is 0 Å². The summed E-state index contributed by atoms with van der Waals surface area (Å²) in [4.78, 5) is 12.4. The van der Waals surface area contributed by atoms with E-state index in [9.17, 15) is 10.1 Å². The van der Waals surface area contributed by atoms with Crippen LogP contribution in [0.5, 0.6) is 5.75 Å². The van der Waals surface area contributed by atoms with E-state index in [2.05, 4.69) is 37.2 Å². The molecule has 0 aliphatic carbocycles. The maximum absolute atomic E-state index is 12.4. The van der Waals surface area contributed by atoms with Crippen LogP contribution in [-0.2, 0) is 11.4 Å². The average molecular weight is 547 g/mol. The number of hydrogen-bond acceptors (Lipinski definition) is 3. The van der Waals surface area contributed by atoms with Crippen LogP contribution < -0.4 is 10.1 Å². The summed E-state index contributed by atoms with van der Waals surface area (Å²) in [7, 11) is 0. The molecule has 0 atom stereocenters. The molecule has 7 heteroatoms. The molecule has 0 heterocycles. The number of nitrogens with one attached hydrogen (secondary N) is 1. The van der Waals surface area contributed by atoms with Crippen LogP contribution in [0.4, 0.5) is 5.69 Å². The van der Waals surface area contributed by atoms with Crippen LogP contribution in [0.1, 0.15) is 11.1 Å². The second kappa shape index (κ2) is 10.4. The highest BCUT2D eigenvalue weighted by Crippen LogP contribution is 2.28. The van der Waals surface area contributed by atoms with Crippen LogP contribution in [0.3, 0.4) is 0 Å². The predicted molar refractivity (Wildman–Crippen MR) is 126 cm³/mol. The van der Waals surface area contributed by atoms with Gasteiger partial charge in [-0.3, -0.25) is 4.79 Å². The Morgan fingerprint density at radius 2 is 1.87 bits per heavy atom. The summed E-state index contributed by atoms with van der Waals surface area (Å²) in [5, 5.41) is 12.8. The van der Waals surface area contributed by atoms with Crippen molar-refractivity contribution in [3.8, 4) is 11.8 Å². The van der Waals surface area contributed by atoms with E-state index >= 15 is 0 Å². The lowest BCUT2D eigenvalue weighted by Gasteiger charge is -2.09. The topological polar surface area (TPSA) is 62.1 Å². The number of halogens is 3. The zero-order valence-corrected chi connectivity index (χ0v) is 19.5. The first kappa shape index (κ1) is 22.1. The molecule has 0 radical (unpaired) electrons. The summed E-state index contributed by atoms with van der Waals surface area (Å²) in [6.07, 6.45) is 1.53. The number of carbonyl (C=O) groups is 1. The summed E-state index contributed by atoms with van der Waals surface area (Å²) < 4.78 is 7.44. The van der Waals surface area contributed by atoms with Gasteiger partial charge in [-0.1, -0.05) is 45.7 Å². The van der Waals surface area contributed by atoms with Gasteiger partial charge in [0.15, 0.2) is 0 Å². The Hall–Kier alpha value is -2.59. The monoisotopic (exact) mass is 544 g/mol. The first-order chi connectivity index (χ1) is 14.4. The maximum Gasteiger partial charge on any atom is 0.266 e. The number of anilines is 1. The Kier molecular flexibility index (Phi) is 7.69. The zero-order valence-electron chi connectivity index (χ0n) is 15.5. The summed E-state index contributed by atoms with van der Waals surface area (Å²) >= 11 is 12.8. The predicted octanol–water partition coefficient (Wildman–Crippen LogP) is 6.99. The number of rotatable bonds is 6. The Morgan fingerprint density at radius 3 is 2.53 bits per heavy atom. The van der Waals surface area contributed by atoms with Gasteiger partial charge in [-0.05, 0) is 81.7 Å². The van der Waals surface area contributed by atoms with Crippen molar-refractivity contribution in [1.29, 1.82) is 5.26 Å². The highest BCUT2D eigenvalue weighted by Gasteiger charge is 2.11. The Balaban J connectivity index is 1.70. The van der Waals surface area contributed by atoms with Gasteiger partial charge in [0, 0.05) is 15.2 Å². The zero-order chi connectivity index (χ0) is 21.5. The normalized spacial score (nSPS) is 10.9. The lowest BCUT2D eigenvalue weighted by atomic mass is 10.1. The van der Waals surface area contributed by atoms with Crippen molar-refractivity contribution >= 4 is 61.1 Å². The van der Waals surface area contributed by atoms with Crippen molar-refractivity contribution in [3.63, 3.8) is 0 Å². The standard InChI is InChI=1S/C23H15Br2ClN2O2/c24-18-5-7-20(8-6-18)28-23(29)17(13-27)10-15-4-9-22(21(25)12-15)30-14-16-2-1-3-19(26)11-16/h1-12H,14H2,(H,28,29)/b17-10+. The van der Waals surface area contributed by atoms with E-state index in [0.717, 1.165) is 10.0 Å². The lowest BCUT2D eigenvalue weighted by molar-refractivity contribution is -0.112. The highest BCUT2D eigenvalue weighted by atomic mass is 79.9. The molecule has 4 nitrogen and oxygen atoms in total. The van der Waals surface area contributed by atoms with Crippen molar-refractivity contribution in [1.82, 2.24) is 0 Å². The van der Waals surface area contributed by atoms with Gasteiger partial charge in [0.05, 0.1) is 4.47 Å². The number of hydrogen-bond donors (Lipinski definition) is 1. The lowest BCUT2D eigenvalue weighted by Crippen LogP contribution is -2.13. The largest absolute Gasteiger partial charge is 0.488 e. The van der Waals surface area contributed by atoms with Gasteiger partial charge in [0.25, 0.3) is 5.91 Å². The third-order valence-corrected chi connectivity index (χ3v) is 5.40. The molecule has 0 saturated heterocycles. The first-order valence-electron chi connectivity index (χ1n) is 8.80. The minimum absolute atomic E-state index is 0.00239. The van der Waals surface area contributed by atoms with Crippen LogP contribution in [-0.4, -0.2) is 5.91 Å². The number of amides is 1. The number of ether oxygens (including phenoxy) is 1. The average Bonchev–Trinajstić information content (AvgIpc) is 2.73. The number of benzene rings is 3. The smallest absolute Gasteiger partial charge is 0.266 e. The molecule has 0 spiro atoms. The molecule has 30 heavy (non-hydrogen) atoms. The molecule has 0 unspecified atom stereocenters. The molecule has 1 amide bonds. The second-order valence-electron chi connectivity index (χ2n) is 6.24. The molecular formula is C23H15Br2ClN2O2. The van der Waals surface area contributed by atoms with Crippen LogP contribution in [0.25, 0.3) is 6.08 Å². The van der Waals surface area contributed by atoms with Gasteiger partial charge >= 0.3 is 0 Å². The summed E-state index contributed by atoms with van der Waals surface area (Å²) in [6.45, 7) is 0.368. The maximum atomic E-state index is 12.4. The third-order valence-electron chi connectivity index (χ3n) is 4.02. The Bertz CT molecular complexity index is 1140. The van der Waals surface area contributed by atoms with Crippen LogP contribution in [0, 0.1) is 11.3 Å². The quantitative estimate of drug-likeness (QED) is 0.268. The van der Waals surface area contributed by atoms with E-state index in [0.29, 0.717) is 33.1 Å². The molecule has 1 N–H and O–H groups in total. The van der Waals surface area contributed by atoms with Crippen molar-refractivity contribution in [2.24, 2.45) is 0 Å². The van der Waals surface area contributed by atoms with Crippen molar-refractivity contribution < 1.29 is 9.53 Å². The van der Waals surface area contributed by atoms with Gasteiger partial charge < -0.3 is 10.1 Å². The molecule has 3 aromatic carbocycles. The molecule has 0 aromatic heterocycles. The van der Waals surface area contributed by atoms with E-state index in [1.165, 1.54) is 6.08 Å². The van der Waals surface area contributed by atoms with Crippen molar-refractivity contribution in [3.05, 3.63) is 97.4 Å². The highest BCUT2D eigenvalue weighted by molar-refractivity contribution is 9.10. The van der Waals surface area contributed by atoms with Crippen LogP contribution >= 0.6 is 43.5 Å². The molecule has 0 fully saturated rings. The summed E-state index contributed by atoms with van der Waals surface area (Å²) in [5.41, 5.74) is 2.25. The number of nitrogens with zero attached hydrogens (tertiary/aromatic N) is 1. The Labute approximate surface area is 196 Å². The summed E-state index contributed by atoms with van der Waals surface area (Å²) in [6, 6.07) is 21.9. The van der Waals surface area contributed by atoms with Gasteiger partial charge in [-0.2, -0.15) is 5.26 Å². The molecule has 3 rings (SSSR count). The fourth-order valence-electron chi connectivity index (χ4n) is 2.56. The molecule has 3 aromatic rings. The fourth-order valence-corrected chi connectivity index (χ4v) is 3.55. The summed E-state index contributed by atoms with van der Waals surface area (Å²) in [5.74, 6) is 0.169. The molecule has 0 bridgehead atoms. The number of carbonyl (C=O) groups excluding carboxylic acids is 1. The SMILES string of the molecule is N#C/C(=C\c1ccc(OCc2cccc(Cl)c2)c(Br)c1)C(=O)Nc1ccc(Br)cc1. The van der Waals surface area contributed by atoms with E-state index in [-0.39, 0.29) is 5.57 Å². The van der Waals surface area contributed by atoms with E-state index in [4.69, 9.17) is 16.3 Å². The molecular weight excluding hydrogens is 532 g/mol. The molecule has 0 aliphatic heterocycles. The van der Waals surface area contributed by atoms with Crippen molar-refractivity contribution in [2.75, 3.05) is 5.32 Å². The van der Waals surface area contributed by atoms with Gasteiger partial charge in [-0.25, -0.2) is 0 Å². The fraction of sp³-hybridized carbons (Fsp3) is 0.0435. The van der Waals surface area contributed by atoms with Crippen molar-refractivity contribution in [2.45, 2.75) is 6.61 Å². The molecule has 150 valence electrons. The minimum atomic E-state index is -0.475. The van der Waals surface area contributed by atoms with Crippen LogP contribution in [0.15, 0.2) is 81.2 Å². The second-order valence-corrected chi connectivity index (χ2v) is 8.45. The molecule has 0 saturated carbocycles. The van der Waals surface area contributed by atoms with Gasteiger partial charge in [0.2, 0.25) is 0 Å². The minimum Gasteiger partial charge on any atom is -0.488 e. The molecule has 0 aliphatic rings. The number of nitriles is 1. The van der Waals surface area contributed by atoms with Crippen LogP contribution in [0.2, 0.25) is 5.02 Å². The van der Waals surface area contributed by atoms with Gasteiger partial charge in [0.1, 0.15) is 24.0 Å².